The van der Waals surface area contributed by atoms with Gasteiger partial charge in [0.1, 0.15) is 5.69 Å². The predicted octanol–water partition coefficient (Wildman–Crippen LogP) is 4.39. The summed E-state index contributed by atoms with van der Waals surface area (Å²) in [5.74, 6) is -5.15. The van der Waals surface area contributed by atoms with Crippen molar-refractivity contribution >= 4 is 17.3 Å². The fourth-order valence-electron chi connectivity index (χ4n) is 2.50. The molecule has 1 aromatic heterocycles. The molecule has 3 rings (SSSR count). The lowest BCUT2D eigenvalue weighted by Crippen LogP contribution is -2.18. The average Bonchev–Trinajstić information content (AvgIpc) is 2.69. The van der Waals surface area contributed by atoms with Crippen LogP contribution in [0.3, 0.4) is 0 Å². The van der Waals surface area contributed by atoms with E-state index in [4.69, 9.17) is 0 Å². The molecule has 0 saturated carbocycles. The number of amides is 1. The van der Waals surface area contributed by atoms with Crippen LogP contribution >= 0.6 is 0 Å². The molecule has 1 heterocycles. The molecule has 0 saturated heterocycles. The van der Waals surface area contributed by atoms with Crippen molar-refractivity contribution in [1.82, 2.24) is 4.98 Å². The van der Waals surface area contributed by atoms with Gasteiger partial charge in [-0.3, -0.25) is 4.79 Å². The number of carbonyl (C=O) groups excluding carboxylic acids is 1. The normalized spacial score (nSPS) is 10.5. The molecule has 1 amide bonds. The summed E-state index contributed by atoms with van der Waals surface area (Å²) < 4.78 is 39.9. The van der Waals surface area contributed by atoms with E-state index in [0.717, 1.165) is 23.4 Å². The molecule has 0 aliphatic carbocycles. The second-order valence-corrected chi connectivity index (χ2v) is 5.92. The Labute approximate surface area is 154 Å². The summed E-state index contributed by atoms with van der Waals surface area (Å²) in [7, 11) is 1.89. The van der Waals surface area contributed by atoms with E-state index < -0.39 is 29.0 Å². The van der Waals surface area contributed by atoms with Crippen LogP contribution in [-0.4, -0.2) is 17.9 Å². The Balaban J connectivity index is 1.69. The van der Waals surface area contributed by atoms with E-state index in [-0.39, 0.29) is 5.69 Å². The van der Waals surface area contributed by atoms with Gasteiger partial charge in [0, 0.05) is 13.6 Å². The highest BCUT2D eigenvalue weighted by molar-refractivity contribution is 6.03. The number of hydrogen-bond donors (Lipinski definition) is 1. The van der Waals surface area contributed by atoms with Gasteiger partial charge in [-0.05, 0) is 29.8 Å². The lowest BCUT2D eigenvalue weighted by atomic mass is 10.2. The molecule has 0 atom stereocenters. The van der Waals surface area contributed by atoms with Crippen molar-refractivity contribution in [3.63, 3.8) is 0 Å². The highest BCUT2D eigenvalue weighted by atomic mass is 19.2. The molecule has 0 fully saturated rings. The minimum atomic E-state index is -1.64. The lowest BCUT2D eigenvalue weighted by Gasteiger charge is -2.19. The quantitative estimate of drug-likeness (QED) is 0.677. The fourth-order valence-corrected chi connectivity index (χ4v) is 2.50. The SMILES string of the molecule is CN(Cc1ccccc1)c1ccc(C(=O)Nc2ccc(F)c(F)c2F)nc1. The first-order valence-electron chi connectivity index (χ1n) is 8.11. The summed E-state index contributed by atoms with van der Waals surface area (Å²) in [5, 5.41) is 2.19. The maximum absolute atomic E-state index is 13.7. The van der Waals surface area contributed by atoms with Gasteiger partial charge in [-0.1, -0.05) is 30.3 Å². The molecule has 4 nitrogen and oxygen atoms in total. The summed E-state index contributed by atoms with van der Waals surface area (Å²) >= 11 is 0. The van der Waals surface area contributed by atoms with Crippen molar-refractivity contribution in [1.29, 1.82) is 0 Å². The molecule has 0 spiro atoms. The van der Waals surface area contributed by atoms with Crippen molar-refractivity contribution in [3.05, 3.63) is 89.5 Å². The lowest BCUT2D eigenvalue weighted by molar-refractivity contribution is 0.102. The molecule has 7 heteroatoms. The minimum Gasteiger partial charge on any atom is -0.369 e. The van der Waals surface area contributed by atoms with Crippen molar-refractivity contribution in [2.24, 2.45) is 0 Å². The van der Waals surface area contributed by atoms with Crippen LogP contribution in [0.2, 0.25) is 0 Å². The molecule has 0 unspecified atom stereocenters. The van der Waals surface area contributed by atoms with Gasteiger partial charge in [0.2, 0.25) is 0 Å². The molecule has 0 bridgehead atoms. The maximum Gasteiger partial charge on any atom is 0.274 e. The zero-order chi connectivity index (χ0) is 19.4. The van der Waals surface area contributed by atoms with Crippen LogP contribution in [0.1, 0.15) is 16.1 Å². The largest absolute Gasteiger partial charge is 0.369 e. The molecule has 27 heavy (non-hydrogen) atoms. The Hall–Kier alpha value is -3.35. The van der Waals surface area contributed by atoms with Gasteiger partial charge in [-0.25, -0.2) is 18.2 Å². The van der Waals surface area contributed by atoms with Crippen LogP contribution in [0.4, 0.5) is 24.5 Å². The third kappa shape index (κ3) is 4.25. The van der Waals surface area contributed by atoms with Gasteiger partial charge in [0.15, 0.2) is 17.5 Å². The molecule has 1 N–H and O–H groups in total. The summed E-state index contributed by atoms with van der Waals surface area (Å²) in [6.07, 6.45) is 1.51. The fraction of sp³-hybridized carbons (Fsp3) is 0.100. The summed E-state index contributed by atoms with van der Waals surface area (Å²) in [6, 6.07) is 14.7. The smallest absolute Gasteiger partial charge is 0.274 e. The van der Waals surface area contributed by atoms with E-state index in [1.807, 2.05) is 42.3 Å². The van der Waals surface area contributed by atoms with E-state index in [1.165, 1.54) is 12.3 Å². The van der Waals surface area contributed by atoms with Crippen molar-refractivity contribution in [3.8, 4) is 0 Å². The van der Waals surface area contributed by atoms with Crippen molar-refractivity contribution < 1.29 is 18.0 Å². The molecule has 0 aliphatic rings. The average molecular weight is 371 g/mol. The number of pyridine rings is 1. The second kappa shape index (κ2) is 7.90. The van der Waals surface area contributed by atoms with Gasteiger partial charge in [0.05, 0.1) is 17.6 Å². The van der Waals surface area contributed by atoms with Gasteiger partial charge < -0.3 is 10.2 Å². The molecular formula is C20H16F3N3O. The molecule has 0 radical (unpaired) electrons. The third-order valence-electron chi connectivity index (χ3n) is 3.97. The molecule has 2 aromatic carbocycles. The minimum absolute atomic E-state index is 0.0241. The van der Waals surface area contributed by atoms with Crippen LogP contribution in [0.15, 0.2) is 60.8 Å². The van der Waals surface area contributed by atoms with Crippen molar-refractivity contribution in [2.45, 2.75) is 6.54 Å². The Bertz CT molecular complexity index is 947. The summed E-state index contributed by atoms with van der Waals surface area (Å²) in [5.41, 5.74) is 1.48. The van der Waals surface area contributed by atoms with Crippen LogP contribution in [0.5, 0.6) is 0 Å². The van der Waals surface area contributed by atoms with Crippen LogP contribution in [0, 0.1) is 17.5 Å². The van der Waals surface area contributed by atoms with Crippen LogP contribution in [-0.2, 0) is 6.54 Å². The highest BCUT2D eigenvalue weighted by Gasteiger charge is 2.16. The first-order chi connectivity index (χ1) is 13.0. The summed E-state index contributed by atoms with van der Waals surface area (Å²) in [4.78, 5) is 18.2. The topological polar surface area (TPSA) is 45.2 Å². The van der Waals surface area contributed by atoms with Gasteiger partial charge in [-0.15, -0.1) is 0 Å². The molecular weight excluding hydrogens is 355 g/mol. The Morgan fingerprint density at radius 2 is 1.74 bits per heavy atom. The zero-order valence-electron chi connectivity index (χ0n) is 14.4. The number of carbonyl (C=O) groups is 1. The van der Waals surface area contributed by atoms with Crippen molar-refractivity contribution in [2.75, 3.05) is 17.3 Å². The van der Waals surface area contributed by atoms with Gasteiger partial charge >= 0.3 is 0 Å². The number of nitrogens with one attached hydrogen (secondary N) is 1. The summed E-state index contributed by atoms with van der Waals surface area (Å²) in [6.45, 7) is 0.661. The van der Waals surface area contributed by atoms with Crippen LogP contribution < -0.4 is 10.2 Å². The first kappa shape index (κ1) is 18.4. The third-order valence-corrected chi connectivity index (χ3v) is 3.97. The first-order valence-corrected chi connectivity index (χ1v) is 8.11. The van der Waals surface area contributed by atoms with Gasteiger partial charge in [-0.2, -0.15) is 0 Å². The maximum atomic E-state index is 13.7. The van der Waals surface area contributed by atoms with E-state index in [9.17, 15) is 18.0 Å². The Morgan fingerprint density at radius 3 is 2.41 bits per heavy atom. The van der Waals surface area contributed by atoms with E-state index in [1.54, 1.807) is 6.07 Å². The van der Waals surface area contributed by atoms with Gasteiger partial charge in [0.25, 0.3) is 5.91 Å². The Kier molecular flexibility index (Phi) is 5.40. The van der Waals surface area contributed by atoms with E-state index in [0.29, 0.717) is 6.54 Å². The zero-order valence-corrected chi connectivity index (χ0v) is 14.4. The van der Waals surface area contributed by atoms with E-state index in [2.05, 4.69) is 10.3 Å². The standard InChI is InChI=1S/C20H16F3N3O/c1-26(12-13-5-3-2-4-6-13)14-7-9-17(24-11-14)20(27)25-16-10-8-15(21)18(22)19(16)23/h2-11H,12H2,1H3,(H,25,27). The number of halogens is 3. The predicted molar refractivity (Wildman–Crippen MR) is 97.1 cm³/mol. The molecule has 3 aromatic rings. The Morgan fingerprint density at radius 1 is 1.00 bits per heavy atom. The monoisotopic (exact) mass is 371 g/mol. The van der Waals surface area contributed by atoms with Crippen LogP contribution in [0.25, 0.3) is 0 Å². The number of rotatable bonds is 5. The highest BCUT2D eigenvalue weighted by Crippen LogP contribution is 2.20. The number of nitrogens with zero attached hydrogens (tertiary/aromatic N) is 2. The van der Waals surface area contributed by atoms with E-state index >= 15 is 0 Å². The number of benzene rings is 2. The molecule has 0 aliphatic heterocycles. The number of aromatic nitrogens is 1. The number of hydrogen-bond acceptors (Lipinski definition) is 3. The number of anilines is 2. The molecule has 138 valence electrons. The second-order valence-electron chi connectivity index (χ2n) is 5.92.